The van der Waals surface area contributed by atoms with E-state index in [2.05, 4.69) is 68.3 Å². The van der Waals surface area contributed by atoms with Crippen molar-refractivity contribution in [2.75, 3.05) is 24.7 Å². The molecule has 170 valence electrons. The molecule has 2 aliphatic heterocycles. The maximum Gasteiger partial charge on any atom is 0.223 e. The number of nitrogens with one attached hydrogen (secondary N) is 1. The van der Waals surface area contributed by atoms with Crippen molar-refractivity contribution in [1.29, 1.82) is 0 Å². The van der Waals surface area contributed by atoms with Crippen molar-refractivity contribution in [2.45, 2.75) is 58.5 Å². The Morgan fingerprint density at radius 3 is 2.66 bits per heavy atom. The Hall–Kier alpha value is -2.95. The molecule has 1 atom stereocenters. The lowest BCUT2D eigenvalue weighted by Gasteiger charge is -2.49. The van der Waals surface area contributed by atoms with Crippen LogP contribution in [0, 0.1) is 6.92 Å². The highest BCUT2D eigenvalue weighted by Gasteiger charge is 2.57. The number of amides is 1. The van der Waals surface area contributed by atoms with Gasteiger partial charge in [0, 0.05) is 24.1 Å². The van der Waals surface area contributed by atoms with Crippen molar-refractivity contribution in [3.8, 4) is 11.5 Å². The largest absolute Gasteiger partial charge is 0.490 e. The lowest BCUT2D eigenvalue weighted by molar-refractivity contribution is -0.124. The number of carbonyl (C=O) groups excluding carboxylic acids is 1. The van der Waals surface area contributed by atoms with Crippen molar-refractivity contribution >= 4 is 17.7 Å². The average Bonchev–Trinajstić information content (AvgIpc) is 2.95. The second kappa shape index (κ2) is 8.53. The molecule has 4 rings (SSSR count). The first-order chi connectivity index (χ1) is 15.3. The van der Waals surface area contributed by atoms with E-state index in [9.17, 15) is 4.79 Å². The molecule has 32 heavy (non-hydrogen) atoms. The zero-order chi connectivity index (χ0) is 22.9. The number of aryl methyl sites for hydroxylation is 1. The average molecular weight is 435 g/mol. The van der Waals surface area contributed by atoms with Gasteiger partial charge in [-0.25, -0.2) is 0 Å². The smallest absolute Gasteiger partial charge is 0.223 e. The maximum absolute atomic E-state index is 12.6. The zero-order valence-corrected chi connectivity index (χ0v) is 19.8. The SMILES string of the molecule is CCCOc1ccc(/C=C/[C@]23NC(=O)CCN2c2ccc(C)cc2C3(C)C)cc1OCC. The molecule has 0 saturated carbocycles. The van der Waals surface area contributed by atoms with Crippen LogP contribution in [0.25, 0.3) is 6.08 Å². The molecule has 2 aromatic carbocycles. The Morgan fingerprint density at radius 2 is 1.91 bits per heavy atom. The normalized spacial score (nSPS) is 21.3. The van der Waals surface area contributed by atoms with E-state index in [1.54, 1.807) is 0 Å². The van der Waals surface area contributed by atoms with Crippen LogP contribution < -0.4 is 19.7 Å². The van der Waals surface area contributed by atoms with E-state index < -0.39 is 5.66 Å². The Bertz CT molecular complexity index is 1040. The van der Waals surface area contributed by atoms with Crippen LogP contribution in [-0.2, 0) is 10.2 Å². The first kappa shape index (κ1) is 22.3. The molecule has 0 unspecified atom stereocenters. The van der Waals surface area contributed by atoms with Gasteiger partial charge in [0.15, 0.2) is 11.5 Å². The predicted octanol–water partition coefficient (Wildman–Crippen LogP) is 5.21. The predicted molar refractivity (Wildman–Crippen MR) is 129 cm³/mol. The van der Waals surface area contributed by atoms with Gasteiger partial charge in [-0.05, 0) is 55.7 Å². The summed E-state index contributed by atoms with van der Waals surface area (Å²) in [5, 5.41) is 3.34. The van der Waals surface area contributed by atoms with E-state index in [1.165, 1.54) is 16.8 Å². The van der Waals surface area contributed by atoms with Gasteiger partial charge in [0.25, 0.3) is 0 Å². The highest BCUT2D eigenvalue weighted by molar-refractivity contribution is 5.84. The fourth-order valence-electron chi connectivity index (χ4n) is 4.91. The molecular formula is C27H34N2O3. The molecule has 2 aromatic rings. The van der Waals surface area contributed by atoms with Gasteiger partial charge in [-0.15, -0.1) is 0 Å². The lowest BCUT2D eigenvalue weighted by atomic mass is 9.74. The molecule has 1 saturated heterocycles. The number of hydrogen-bond donors (Lipinski definition) is 1. The number of fused-ring (bicyclic) bond motifs is 3. The minimum Gasteiger partial charge on any atom is -0.490 e. The summed E-state index contributed by atoms with van der Waals surface area (Å²) in [7, 11) is 0. The van der Waals surface area contributed by atoms with Crippen LogP contribution in [0.5, 0.6) is 11.5 Å². The summed E-state index contributed by atoms with van der Waals surface area (Å²) in [6, 6.07) is 12.6. The number of nitrogens with zero attached hydrogens (tertiary/aromatic N) is 1. The van der Waals surface area contributed by atoms with Crippen molar-refractivity contribution in [3.05, 3.63) is 59.2 Å². The summed E-state index contributed by atoms with van der Waals surface area (Å²) in [5.41, 5.74) is 3.78. The molecule has 2 heterocycles. The molecule has 0 aliphatic carbocycles. The first-order valence-corrected chi connectivity index (χ1v) is 11.6. The third kappa shape index (κ3) is 3.64. The van der Waals surface area contributed by atoms with Gasteiger partial charge in [-0.2, -0.15) is 0 Å². The first-order valence-electron chi connectivity index (χ1n) is 11.6. The fourth-order valence-corrected chi connectivity index (χ4v) is 4.91. The topological polar surface area (TPSA) is 50.8 Å². The van der Waals surface area contributed by atoms with Gasteiger partial charge < -0.3 is 19.7 Å². The Morgan fingerprint density at radius 1 is 1.09 bits per heavy atom. The van der Waals surface area contributed by atoms with E-state index in [-0.39, 0.29) is 11.3 Å². The Labute approximate surface area is 191 Å². The summed E-state index contributed by atoms with van der Waals surface area (Å²) < 4.78 is 11.7. The van der Waals surface area contributed by atoms with E-state index in [0.29, 0.717) is 26.2 Å². The Kier molecular flexibility index (Phi) is 5.93. The van der Waals surface area contributed by atoms with E-state index in [1.807, 2.05) is 25.1 Å². The molecule has 1 fully saturated rings. The molecule has 0 aromatic heterocycles. The number of ether oxygens (including phenoxy) is 2. The minimum atomic E-state index is -0.623. The Balaban J connectivity index is 1.74. The monoisotopic (exact) mass is 434 g/mol. The van der Waals surface area contributed by atoms with Crippen LogP contribution in [0.15, 0.2) is 42.5 Å². The minimum absolute atomic E-state index is 0.0850. The van der Waals surface area contributed by atoms with Gasteiger partial charge in [0.1, 0.15) is 5.66 Å². The summed E-state index contributed by atoms with van der Waals surface area (Å²) >= 11 is 0. The third-order valence-corrected chi connectivity index (χ3v) is 6.63. The molecule has 0 bridgehead atoms. The van der Waals surface area contributed by atoms with E-state index in [0.717, 1.165) is 23.5 Å². The summed E-state index contributed by atoms with van der Waals surface area (Å²) in [4.78, 5) is 15.0. The molecule has 0 spiro atoms. The number of benzene rings is 2. The van der Waals surface area contributed by atoms with Gasteiger partial charge in [0.2, 0.25) is 5.91 Å². The summed E-state index contributed by atoms with van der Waals surface area (Å²) in [6.45, 7) is 12.5. The number of anilines is 1. The molecular weight excluding hydrogens is 400 g/mol. The van der Waals surface area contributed by atoms with Crippen molar-refractivity contribution in [2.24, 2.45) is 0 Å². The standard InChI is InChI=1S/C27H34N2O3/c1-6-16-32-23-11-9-20(18-24(23)31-7-2)12-14-27-26(4,5)21-17-19(3)8-10-22(21)29(27)15-13-25(30)28-27/h8-12,14,17-18H,6-7,13,15-16H2,1-5H3,(H,28,30)/b14-12+/t27-/m0/s1. The summed E-state index contributed by atoms with van der Waals surface area (Å²) in [6.07, 6.45) is 5.68. The van der Waals surface area contributed by atoms with Crippen LogP contribution in [0.1, 0.15) is 57.2 Å². The third-order valence-electron chi connectivity index (χ3n) is 6.63. The van der Waals surface area contributed by atoms with Crippen molar-refractivity contribution < 1.29 is 14.3 Å². The van der Waals surface area contributed by atoms with Gasteiger partial charge in [0.05, 0.1) is 13.2 Å². The van der Waals surface area contributed by atoms with Gasteiger partial charge >= 0.3 is 0 Å². The van der Waals surface area contributed by atoms with Crippen LogP contribution >= 0.6 is 0 Å². The number of rotatable bonds is 7. The second-order valence-electron chi connectivity index (χ2n) is 9.18. The van der Waals surface area contributed by atoms with Crippen molar-refractivity contribution in [3.63, 3.8) is 0 Å². The van der Waals surface area contributed by atoms with E-state index in [4.69, 9.17) is 9.47 Å². The van der Waals surface area contributed by atoms with Gasteiger partial charge in [-0.3, -0.25) is 4.79 Å². The van der Waals surface area contributed by atoms with E-state index >= 15 is 0 Å². The molecule has 1 amide bonds. The molecule has 1 N–H and O–H groups in total. The second-order valence-corrected chi connectivity index (χ2v) is 9.18. The molecule has 2 aliphatic rings. The highest BCUT2D eigenvalue weighted by Crippen LogP contribution is 2.52. The zero-order valence-electron chi connectivity index (χ0n) is 19.8. The van der Waals surface area contributed by atoms with Gasteiger partial charge in [-0.1, -0.05) is 50.6 Å². The van der Waals surface area contributed by atoms with Crippen molar-refractivity contribution in [1.82, 2.24) is 5.32 Å². The number of hydrogen-bond acceptors (Lipinski definition) is 4. The highest BCUT2D eigenvalue weighted by atomic mass is 16.5. The maximum atomic E-state index is 12.6. The molecule has 0 radical (unpaired) electrons. The molecule has 5 heteroatoms. The number of carbonyl (C=O) groups is 1. The van der Waals surface area contributed by atoms with Crippen LogP contribution in [-0.4, -0.2) is 31.3 Å². The fraction of sp³-hybridized carbons (Fsp3) is 0.444. The summed E-state index contributed by atoms with van der Waals surface area (Å²) in [5.74, 6) is 1.59. The van der Waals surface area contributed by atoms with Crippen LogP contribution in [0.3, 0.4) is 0 Å². The van der Waals surface area contributed by atoms with Crippen LogP contribution in [0.2, 0.25) is 0 Å². The quantitative estimate of drug-likeness (QED) is 0.650. The lowest BCUT2D eigenvalue weighted by Crippen LogP contribution is -2.68. The molecule has 5 nitrogen and oxygen atoms in total. The van der Waals surface area contributed by atoms with Crippen LogP contribution in [0.4, 0.5) is 5.69 Å².